The van der Waals surface area contributed by atoms with Crippen molar-refractivity contribution in [2.75, 3.05) is 44.2 Å². The maximum absolute atomic E-state index is 13.0. The lowest BCUT2D eigenvalue weighted by atomic mass is 10.2. The van der Waals surface area contributed by atoms with Gasteiger partial charge in [-0.1, -0.05) is 42.5 Å². The molecule has 0 bridgehead atoms. The summed E-state index contributed by atoms with van der Waals surface area (Å²) in [6.07, 6.45) is -2.14. The first kappa shape index (κ1) is 29.3. The smallest absolute Gasteiger partial charge is 0.422 e. The second kappa shape index (κ2) is 13.0. The zero-order chi connectivity index (χ0) is 26.4. The Morgan fingerprint density at radius 1 is 0.895 bits per heavy atom. The van der Waals surface area contributed by atoms with Gasteiger partial charge in [-0.15, -0.1) is 12.4 Å². The number of aromatic nitrogens is 2. The summed E-state index contributed by atoms with van der Waals surface area (Å²) < 4.78 is 45.7. The molecule has 1 fully saturated rings. The van der Waals surface area contributed by atoms with Gasteiger partial charge in [-0.2, -0.15) is 13.2 Å². The quantitative estimate of drug-likeness (QED) is 0.402. The molecule has 1 saturated heterocycles. The van der Waals surface area contributed by atoms with Gasteiger partial charge in [-0.25, -0.2) is 4.79 Å². The third kappa shape index (κ3) is 7.64. The molecule has 206 valence electrons. The van der Waals surface area contributed by atoms with Crippen molar-refractivity contribution in [3.8, 4) is 5.75 Å². The second-order valence-corrected chi connectivity index (χ2v) is 9.22. The molecule has 2 aromatic carbocycles. The van der Waals surface area contributed by atoms with Gasteiger partial charge in [0, 0.05) is 44.5 Å². The van der Waals surface area contributed by atoms with Gasteiger partial charge in [0.15, 0.2) is 6.61 Å². The zero-order valence-electron chi connectivity index (χ0n) is 21.2. The molecule has 7 nitrogen and oxygen atoms in total. The molecule has 3 aromatic rings. The highest BCUT2D eigenvalue weighted by Crippen LogP contribution is 2.30. The van der Waals surface area contributed by atoms with Crippen molar-refractivity contribution in [3.05, 3.63) is 92.8 Å². The summed E-state index contributed by atoms with van der Waals surface area (Å²) in [6, 6.07) is 16.4. The summed E-state index contributed by atoms with van der Waals surface area (Å²) in [5.41, 5.74) is 1.57. The number of benzene rings is 2. The first-order chi connectivity index (χ1) is 17.7. The normalized spacial score (nSPS) is 14.3. The SMILES string of the molecule is Cc1cn(Cc2ccccc2)c(=O)n(CCCN2CCN(c3ccccc3OCC(F)(F)F)CC2)c1=O.Cl. The molecule has 0 radical (unpaired) electrons. The van der Waals surface area contributed by atoms with Crippen LogP contribution in [-0.2, 0) is 13.1 Å². The van der Waals surface area contributed by atoms with E-state index >= 15 is 0 Å². The Morgan fingerprint density at radius 3 is 2.24 bits per heavy atom. The summed E-state index contributed by atoms with van der Waals surface area (Å²) in [5, 5.41) is 0. The van der Waals surface area contributed by atoms with Crippen LogP contribution in [0.4, 0.5) is 18.9 Å². The number of rotatable bonds is 9. The van der Waals surface area contributed by atoms with E-state index in [0.717, 1.165) is 5.56 Å². The molecule has 1 aliphatic rings. The zero-order valence-corrected chi connectivity index (χ0v) is 22.0. The molecule has 4 rings (SSSR count). The van der Waals surface area contributed by atoms with E-state index in [1.54, 1.807) is 42.0 Å². The van der Waals surface area contributed by atoms with Crippen LogP contribution in [0.2, 0.25) is 0 Å². The molecule has 38 heavy (non-hydrogen) atoms. The number of hydrogen-bond acceptors (Lipinski definition) is 5. The summed E-state index contributed by atoms with van der Waals surface area (Å²) >= 11 is 0. The third-order valence-electron chi connectivity index (χ3n) is 6.43. The van der Waals surface area contributed by atoms with Gasteiger partial charge >= 0.3 is 11.9 Å². The van der Waals surface area contributed by atoms with E-state index in [1.807, 2.05) is 35.2 Å². The summed E-state index contributed by atoms with van der Waals surface area (Å²) in [4.78, 5) is 29.9. The molecule has 11 heteroatoms. The van der Waals surface area contributed by atoms with Crippen molar-refractivity contribution in [3.63, 3.8) is 0 Å². The van der Waals surface area contributed by atoms with Crippen LogP contribution in [0.25, 0.3) is 0 Å². The molecule has 0 amide bonds. The number of aryl methyl sites for hydroxylation is 1. The molecular weight excluding hydrogens is 521 g/mol. The minimum absolute atomic E-state index is 0. The van der Waals surface area contributed by atoms with Crippen molar-refractivity contribution in [2.45, 2.75) is 32.6 Å². The first-order valence-corrected chi connectivity index (χ1v) is 12.3. The van der Waals surface area contributed by atoms with E-state index in [4.69, 9.17) is 4.74 Å². The van der Waals surface area contributed by atoms with E-state index < -0.39 is 12.8 Å². The largest absolute Gasteiger partial charge is 0.482 e. The predicted octanol–water partition coefficient (Wildman–Crippen LogP) is 3.94. The Labute approximate surface area is 225 Å². The van der Waals surface area contributed by atoms with Crippen molar-refractivity contribution in [1.29, 1.82) is 0 Å². The van der Waals surface area contributed by atoms with Crippen LogP contribution in [0.1, 0.15) is 17.5 Å². The molecule has 0 N–H and O–H groups in total. The van der Waals surface area contributed by atoms with Crippen molar-refractivity contribution >= 4 is 18.1 Å². The molecule has 0 atom stereocenters. The fourth-order valence-electron chi connectivity index (χ4n) is 4.55. The van der Waals surface area contributed by atoms with Gasteiger partial charge in [0.25, 0.3) is 5.56 Å². The van der Waals surface area contributed by atoms with Crippen molar-refractivity contribution in [1.82, 2.24) is 14.0 Å². The lowest BCUT2D eigenvalue weighted by Gasteiger charge is -2.36. The number of ether oxygens (including phenoxy) is 1. The van der Waals surface area contributed by atoms with Crippen LogP contribution in [-0.4, -0.2) is 59.5 Å². The topological polar surface area (TPSA) is 59.7 Å². The first-order valence-electron chi connectivity index (χ1n) is 12.3. The number of para-hydroxylation sites is 2. The molecule has 0 spiro atoms. The van der Waals surface area contributed by atoms with Crippen molar-refractivity contribution in [2.24, 2.45) is 0 Å². The fourth-order valence-corrected chi connectivity index (χ4v) is 4.55. The highest BCUT2D eigenvalue weighted by atomic mass is 35.5. The van der Waals surface area contributed by atoms with Crippen LogP contribution in [0.3, 0.4) is 0 Å². The average molecular weight is 553 g/mol. The molecule has 1 aliphatic heterocycles. The number of halogens is 4. The Hall–Kier alpha value is -3.24. The molecule has 0 saturated carbocycles. The minimum Gasteiger partial charge on any atom is -0.482 e. The van der Waals surface area contributed by atoms with E-state index in [-0.39, 0.29) is 29.4 Å². The second-order valence-electron chi connectivity index (χ2n) is 9.22. The number of nitrogens with zero attached hydrogens (tertiary/aromatic N) is 4. The Bertz CT molecular complexity index is 1300. The summed E-state index contributed by atoms with van der Waals surface area (Å²) in [6.45, 7) is 4.53. The monoisotopic (exact) mass is 552 g/mol. The third-order valence-corrected chi connectivity index (χ3v) is 6.43. The molecule has 1 aromatic heterocycles. The van der Waals surface area contributed by atoms with Gasteiger partial charge < -0.3 is 9.64 Å². The summed E-state index contributed by atoms with van der Waals surface area (Å²) in [5.74, 6) is 0.221. The number of anilines is 1. The Kier molecular flexibility index (Phi) is 10.0. The fraction of sp³-hybridized carbons (Fsp3) is 0.407. The maximum atomic E-state index is 13.0. The van der Waals surface area contributed by atoms with Crippen LogP contribution >= 0.6 is 12.4 Å². The van der Waals surface area contributed by atoms with Gasteiger partial charge in [0.05, 0.1) is 12.2 Å². The average Bonchev–Trinajstić information content (AvgIpc) is 2.89. The van der Waals surface area contributed by atoms with E-state index in [9.17, 15) is 22.8 Å². The van der Waals surface area contributed by atoms with Gasteiger partial charge in [-0.05, 0) is 37.6 Å². The van der Waals surface area contributed by atoms with E-state index in [2.05, 4.69) is 4.90 Å². The minimum atomic E-state index is -4.39. The van der Waals surface area contributed by atoms with Gasteiger partial charge in [-0.3, -0.25) is 18.8 Å². The molecular formula is C27H32ClF3N4O3. The van der Waals surface area contributed by atoms with Crippen LogP contribution in [0.15, 0.2) is 70.4 Å². The highest BCUT2D eigenvalue weighted by molar-refractivity contribution is 5.85. The molecule has 0 unspecified atom stereocenters. The van der Waals surface area contributed by atoms with Crippen LogP contribution < -0.4 is 20.9 Å². The predicted molar refractivity (Wildman–Crippen MR) is 144 cm³/mol. The number of alkyl halides is 3. The molecule has 0 aliphatic carbocycles. The van der Waals surface area contributed by atoms with Crippen LogP contribution in [0.5, 0.6) is 5.75 Å². The lowest BCUT2D eigenvalue weighted by Crippen LogP contribution is -2.47. The number of piperazine rings is 1. The Balaban J connectivity index is 0.00000400. The standard InChI is InChI=1S/C27H31F3N4O3.ClH/c1-21-18-33(19-22-8-3-2-4-9-22)26(36)34(25(21)35)13-7-12-31-14-16-32(17-15-31)23-10-5-6-11-24(23)37-20-27(28,29)30;/h2-6,8-11,18H,7,12-17,19-20H2,1H3;1H. The van der Waals surface area contributed by atoms with Crippen molar-refractivity contribution < 1.29 is 17.9 Å². The van der Waals surface area contributed by atoms with Crippen LogP contribution in [0, 0.1) is 6.92 Å². The van der Waals surface area contributed by atoms with Gasteiger partial charge in [0.2, 0.25) is 0 Å². The Morgan fingerprint density at radius 2 is 1.55 bits per heavy atom. The molecule has 2 heterocycles. The van der Waals surface area contributed by atoms with Gasteiger partial charge in [0.1, 0.15) is 5.75 Å². The van der Waals surface area contributed by atoms with E-state index in [1.165, 1.54) is 4.57 Å². The summed E-state index contributed by atoms with van der Waals surface area (Å²) in [7, 11) is 0. The highest BCUT2D eigenvalue weighted by Gasteiger charge is 2.29. The number of hydrogen-bond donors (Lipinski definition) is 0. The lowest BCUT2D eigenvalue weighted by molar-refractivity contribution is -0.153. The maximum Gasteiger partial charge on any atom is 0.422 e. The van der Waals surface area contributed by atoms with E-state index in [0.29, 0.717) is 63.5 Å².